The summed E-state index contributed by atoms with van der Waals surface area (Å²) >= 11 is 3.07. The molecule has 3 rings (SSSR count). The quantitative estimate of drug-likeness (QED) is 0.557. The van der Waals surface area contributed by atoms with Crippen LogP contribution in [-0.4, -0.2) is 42.1 Å². The first kappa shape index (κ1) is 21.9. The zero-order chi connectivity index (χ0) is 21.6. The highest BCUT2D eigenvalue weighted by atomic mass is 79.9. The Kier molecular flexibility index (Phi) is 5.66. The van der Waals surface area contributed by atoms with Gasteiger partial charge in [-0.3, -0.25) is 4.79 Å². The Morgan fingerprint density at radius 1 is 1.10 bits per heavy atom. The highest BCUT2D eigenvalue weighted by Crippen LogP contribution is 2.46. The van der Waals surface area contributed by atoms with Crippen molar-refractivity contribution in [1.29, 1.82) is 0 Å². The Bertz CT molecular complexity index is 812. The normalized spacial score (nSPS) is 19.8. The fraction of sp³-hybridized carbons (Fsp3) is 0.600. The highest BCUT2D eigenvalue weighted by molar-refractivity contribution is 9.10. The maximum Gasteiger partial charge on any atom is 0.418 e. The average molecular weight is 477 g/mol. The minimum Gasteiger partial charge on any atom is -0.444 e. The summed E-state index contributed by atoms with van der Waals surface area (Å²) in [7, 11) is 0. The average Bonchev–Trinajstić information content (AvgIpc) is 2.90. The van der Waals surface area contributed by atoms with E-state index in [4.69, 9.17) is 4.74 Å². The fourth-order valence-electron chi connectivity index (χ4n) is 3.93. The van der Waals surface area contributed by atoms with E-state index in [-0.39, 0.29) is 18.1 Å². The van der Waals surface area contributed by atoms with Crippen LogP contribution in [0.3, 0.4) is 0 Å². The number of halogens is 4. The van der Waals surface area contributed by atoms with E-state index in [0.717, 1.165) is 6.07 Å². The largest absolute Gasteiger partial charge is 0.444 e. The van der Waals surface area contributed by atoms with E-state index < -0.39 is 28.8 Å². The lowest BCUT2D eigenvalue weighted by Gasteiger charge is -2.38. The molecule has 1 spiro atoms. The van der Waals surface area contributed by atoms with Gasteiger partial charge in [0.25, 0.3) is 0 Å². The molecule has 0 aliphatic carbocycles. The number of alkyl halides is 3. The standard InChI is InChI=1S/C20H24BrF3N2O3/c1-18(2,3)29-17(28)25-9-6-19(7-10-25)8-11-26(16(19)27)15-5-4-13(21)12-14(15)20(22,23)24/h4-5,12H,6-11H2,1-3H3. The maximum atomic E-state index is 13.5. The van der Waals surface area contributed by atoms with Crippen LogP contribution in [-0.2, 0) is 15.7 Å². The van der Waals surface area contributed by atoms with Crippen molar-refractivity contribution in [3.63, 3.8) is 0 Å². The Balaban J connectivity index is 1.76. The topological polar surface area (TPSA) is 49.9 Å². The first-order valence-electron chi connectivity index (χ1n) is 9.49. The van der Waals surface area contributed by atoms with E-state index in [9.17, 15) is 22.8 Å². The van der Waals surface area contributed by atoms with Crippen molar-refractivity contribution in [3.05, 3.63) is 28.2 Å². The van der Waals surface area contributed by atoms with Crippen molar-refractivity contribution in [2.24, 2.45) is 5.41 Å². The molecule has 0 radical (unpaired) electrons. The van der Waals surface area contributed by atoms with Crippen molar-refractivity contribution in [2.45, 2.75) is 51.8 Å². The molecule has 5 nitrogen and oxygen atoms in total. The lowest BCUT2D eigenvalue weighted by molar-refractivity contribution is -0.137. The highest BCUT2D eigenvalue weighted by Gasteiger charge is 2.50. The summed E-state index contributed by atoms with van der Waals surface area (Å²) in [5.74, 6) is -0.297. The Morgan fingerprint density at radius 3 is 2.24 bits per heavy atom. The Morgan fingerprint density at radius 2 is 1.69 bits per heavy atom. The van der Waals surface area contributed by atoms with E-state index in [2.05, 4.69) is 15.9 Å². The maximum absolute atomic E-state index is 13.5. The number of hydrogen-bond donors (Lipinski definition) is 0. The van der Waals surface area contributed by atoms with Gasteiger partial charge in [-0.25, -0.2) is 4.79 Å². The number of amides is 2. The number of hydrogen-bond acceptors (Lipinski definition) is 3. The summed E-state index contributed by atoms with van der Waals surface area (Å²) < 4.78 is 46.2. The molecule has 0 bridgehead atoms. The monoisotopic (exact) mass is 476 g/mol. The van der Waals surface area contributed by atoms with Crippen LogP contribution in [0.1, 0.15) is 45.6 Å². The van der Waals surface area contributed by atoms with Gasteiger partial charge in [0.15, 0.2) is 0 Å². The lowest BCUT2D eigenvalue weighted by atomic mass is 9.77. The van der Waals surface area contributed by atoms with Gasteiger partial charge in [-0.2, -0.15) is 13.2 Å². The molecule has 2 aliphatic heterocycles. The van der Waals surface area contributed by atoms with Crippen LogP contribution in [0.25, 0.3) is 0 Å². The Hall–Kier alpha value is -1.77. The molecule has 2 fully saturated rings. The number of ether oxygens (including phenoxy) is 1. The number of carbonyl (C=O) groups excluding carboxylic acids is 2. The number of rotatable bonds is 1. The van der Waals surface area contributed by atoms with Crippen LogP contribution in [0.15, 0.2) is 22.7 Å². The van der Waals surface area contributed by atoms with Crippen LogP contribution < -0.4 is 4.90 Å². The van der Waals surface area contributed by atoms with Gasteiger partial charge in [0.1, 0.15) is 5.60 Å². The second-order valence-electron chi connectivity index (χ2n) is 8.61. The van der Waals surface area contributed by atoms with E-state index in [1.54, 1.807) is 25.7 Å². The molecule has 0 aromatic heterocycles. The summed E-state index contributed by atoms with van der Waals surface area (Å²) in [5.41, 5.74) is -2.28. The smallest absolute Gasteiger partial charge is 0.418 e. The molecule has 9 heteroatoms. The van der Waals surface area contributed by atoms with Gasteiger partial charge in [-0.05, 0) is 58.2 Å². The van der Waals surface area contributed by atoms with Gasteiger partial charge in [-0.1, -0.05) is 15.9 Å². The van der Waals surface area contributed by atoms with Crippen molar-refractivity contribution in [2.75, 3.05) is 24.5 Å². The Labute approximate surface area is 176 Å². The number of likely N-dealkylation sites (tertiary alicyclic amines) is 1. The molecule has 0 atom stereocenters. The molecule has 2 amide bonds. The molecule has 0 unspecified atom stereocenters. The van der Waals surface area contributed by atoms with Crippen molar-refractivity contribution in [1.82, 2.24) is 4.90 Å². The molecule has 2 heterocycles. The lowest BCUT2D eigenvalue weighted by Crippen LogP contribution is -2.48. The van der Waals surface area contributed by atoms with Crippen molar-refractivity contribution in [3.8, 4) is 0 Å². The molecule has 0 saturated carbocycles. The zero-order valence-electron chi connectivity index (χ0n) is 16.6. The number of carbonyl (C=O) groups is 2. The summed E-state index contributed by atoms with van der Waals surface area (Å²) in [6, 6.07) is 3.84. The van der Waals surface area contributed by atoms with Gasteiger partial charge in [0, 0.05) is 24.1 Å². The minimum absolute atomic E-state index is 0.114. The van der Waals surface area contributed by atoms with Crippen LogP contribution in [0.5, 0.6) is 0 Å². The summed E-state index contributed by atoms with van der Waals surface area (Å²) in [6.07, 6.45) is -3.68. The predicted molar refractivity (Wildman–Crippen MR) is 106 cm³/mol. The summed E-state index contributed by atoms with van der Waals surface area (Å²) in [6.45, 7) is 6.28. The molecule has 29 heavy (non-hydrogen) atoms. The SMILES string of the molecule is CC(C)(C)OC(=O)N1CCC2(CC1)CCN(c1ccc(Br)cc1C(F)(F)F)C2=O. The molecule has 1 aromatic rings. The van der Waals surface area contributed by atoms with Gasteiger partial charge < -0.3 is 14.5 Å². The fourth-order valence-corrected chi connectivity index (χ4v) is 4.29. The molecular formula is C20H24BrF3N2O3. The van der Waals surface area contributed by atoms with Crippen LogP contribution in [0.2, 0.25) is 0 Å². The number of benzene rings is 1. The van der Waals surface area contributed by atoms with E-state index in [1.165, 1.54) is 17.0 Å². The third-order valence-electron chi connectivity index (χ3n) is 5.44. The first-order chi connectivity index (χ1) is 13.3. The van der Waals surface area contributed by atoms with E-state index in [0.29, 0.717) is 36.8 Å². The van der Waals surface area contributed by atoms with Gasteiger partial charge in [-0.15, -0.1) is 0 Å². The third kappa shape index (κ3) is 4.54. The predicted octanol–water partition coefficient (Wildman–Crippen LogP) is 5.22. The second-order valence-corrected chi connectivity index (χ2v) is 9.53. The number of nitrogens with zero attached hydrogens (tertiary/aromatic N) is 2. The second kappa shape index (κ2) is 7.49. The molecule has 0 N–H and O–H groups in total. The van der Waals surface area contributed by atoms with Gasteiger partial charge in [0.2, 0.25) is 5.91 Å². The molecule has 2 aliphatic rings. The number of anilines is 1. The van der Waals surface area contributed by atoms with Crippen LogP contribution in [0, 0.1) is 5.41 Å². The van der Waals surface area contributed by atoms with Crippen LogP contribution in [0.4, 0.5) is 23.7 Å². The van der Waals surface area contributed by atoms with Crippen LogP contribution >= 0.6 is 15.9 Å². The first-order valence-corrected chi connectivity index (χ1v) is 10.3. The molecule has 2 saturated heterocycles. The zero-order valence-corrected chi connectivity index (χ0v) is 18.2. The summed E-state index contributed by atoms with van der Waals surface area (Å²) in [4.78, 5) is 28.2. The van der Waals surface area contributed by atoms with E-state index >= 15 is 0 Å². The third-order valence-corrected chi connectivity index (χ3v) is 5.93. The van der Waals surface area contributed by atoms with Crippen molar-refractivity contribution >= 4 is 33.6 Å². The van der Waals surface area contributed by atoms with Gasteiger partial charge in [0.05, 0.1) is 16.7 Å². The molecule has 160 valence electrons. The molecule has 1 aromatic carbocycles. The van der Waals surface area contributed by atoms with E-state index in [1.807, 2.05) is 0 Å². The summed E-state index contributed by atoms with van der Waals surface area (Å²) in [5, 5.41) is 0. The van der Waals surface area contributed by atoms with Gasteiger partial charge >= 0.3 is 12.3 Å². The minimum atomic E-state index is -4.56. The molecular weight excluding hydrogens is 453 g/mol. The number of piperidine rings is 1. The van der Waals surface area contributed by atoms with Crippen molar-refractivity contribution < 1.29 is 27.5 Å².